The number of nitrogens with one attached hydrogen (secondary N) is 3. The predicted molar refractivity (Wildman–Crippen MR) is 97.4 cm³/mol. The van der Waals surface area contributed by atoms with Crippen molar-refractivity contribution in [3.8, 4) is 0 Å². The molecule has 3 N–H and O–H groups in total. The second kappa shape index (κ2) is 6.22. The molecule has 1 saturated carbocycles. The van der Waals surface area contributed by atoms with E-state index >= 15 is 0 Å². The van der Waals surface area contributed by atoms with Gasteiger partial charge in [0.2, 0.25) is 10.0 Å². The number of aromatic nitrogens is 2. The standard InChI is InChI=1S/C18H17N3O4S/c22-17-18(23)20-15-10-13(8-9-14(15)19-17)26(24,25)21-16(12-6-7-12)11-4-2-1-3-5-11/h1-5,8-10,12,16,21H,6-7H2,(H,19,22)(H,20,23). The summed E-state index contributed by atoms with van der Waals surface area (Å²) in [5.41, 5.74) is -0.0307. The quantitative estimate of drug-likeness (QED) is 0.592. The van der Waals surface area contributed by atoms with E-state index in [1.807, 2.05) is 30.3 Å². The first kappa shape index (κ1) is 16.7. The Balaban J connectivity index is 1.71. The molecular weight excluding hydrogens is 354 g/mol. The second-order valence-electron chi connectivity index (χ2n) is 6.46. The van der Waals surface area contributed by atoms with Gasteiger partial charge in [0.05, 0.1) is 15.9 Å². The van der Waals surface area contributed by atoms with Crippen molar-refractivity contribution in [2.24, 2.45) is 5.92 Å². The largest absolute Gasteiger partial charge is 0.316 e. The molecule has 4 rings (SSSR count). The van der Waals surface area contributed by atoms with Gasteiger partial charge in [0.25, 0.3) is 0 Å². The van der Waals surface area contributed by atoms with E-state index in [1.165, 1.54) is 18.2 Å². The summed E-state index contributed by atoms with van der Waals surface area (Å²) in [5.74, 6) is 0.281. The third-order valence-corrected chi connectivity index (χ3v) is 5.98. The van der Waals surface area contributed by atoms with Gasteiger partial charge in [0.1, 0.15) is 0 Å². The summed E-state index contributed by atoms with van der Waals surface area (Å²) in [4.78, 5) is 27.7. The molecule has 0 radical (unpaired) electrons. The van der Waals surface area contributed by atoms with Gasteiger partial charge in [-0.1, -0.05) is 30.3 Å². The van der Waals surface area contributed by atoms with Crippen LogP contribution < -0.4 is 15.8 Å². The van der Waals surface area contributed by atoms with Crippen LogP contribution in [0, 0.1) is 5.92 Å². The molecule has 3 aromatic rings. The first-order chi connectivity index (χ1) is 12.4. The number of hydrogen-bond donors (Lipinski definition) is 3. The van der Waals surface area contributed by atoms with Gasteiger partial charge in [-0.15, -0.1) is 0 Å². The molecule has 1 aliphatic rings. The van der Waals surface area contributed by atoms with E-state index in [-0.39, 0.29) is 22.4 Å². The number of sulfonamides is 1. The van der Waals surface area contributed by atoms with Crippen molar-refractivity contribution in [2.75, 3.05) is 0 Å². The molecule has 0 bridgehead atoms. The fourth-order valence-corrected chi connectivity index (χ4v) is 4.34. The van der Waals surface area contributed by atoms with Gasteiger partial charge < -0.3 is 9.97 Å². The zero-order valence-corrected chi connectivity index (χ0v) is 14.5. The molecule has 1 heterocycles. The van der Waals surface area contributed by atoms with Crippen molar-refractivity contribution in [2.45, 2.75) is 23.8 Å². The molecule has 7 nitrogen and oxygen atoms in total. The van der Waals surface area contributed by atoms with Crippen LogP contribution in [-0.2, 0) is 10.0 Å². The maximum Gasteiger partial charge on any atom is 0.314 e. The lowest BCUT2D eigenvalue weighted by Crippen LogP contribution is -2.31. The van der Waals surface area contributed by atoms with Crippen molar-refractivity contribution >= 4 is 21.1 Å². The minimum Gasteiger partial charge on any atom is -0.316 e. The van der Waals surface area contributed by atoms with Gasteiger partial charge in [-0.3, -0.25) is 9.59 Å². The highest BCUT2D eigenvalue weighted by Crippen LogP contribution is 2.41. The van der Waals surface area contributed by atoms with E-state index in [1.54, 1.807) is 0 Å². The molecule has 8 heteroatoms. The summed E-state index contributed by atoms with van der Waals surface area (Å²) >= 11 is 0. The van der Waals surface area contributed by atoms with Crippen molar-refractivity contribution in [3.63, 3.8) is 0 Å². The van der Waals surface area contributed by atoms with Gasteiger partial charge in [-0.05, 0) is 42.5 Å². The third-order valence-electron chi connectivity index (χ3n) is 4.54. The van der Waals surface area contributed by atoms with Gasteiger partial charge in [-0.25, -0.2) is 13.1 Å². The molecule has 1 unspecified atom stereocenters. The Labute approximate surface area is 149 Å². The minimum atomic E-state index is -3.79. The average Bonchev–Trinajstić information content (AvgIpc) is 3.46. The summed E-state index contributed by atoms with van der Waals surface area (Å²) in [7, 11) is -3.79. The van der Waals surface area contributed by atoms with Crippen molar-refractivity contribution < 1.29 is 8.42 Å². The predicted octanol–water partition coefficient (Wildman–Crippen LogP) is 1.65. The van der Waals surface area contributed by atoms with Crippen LogP contribution in [-0.4, -0.2) is 18.4 Å². The van der Waals surface area contributed by atoms with Crippen LogP contribution in [0.1, 0.15) is 24.4 Å². The van der Waals surface area contributed by atoms with E-state index in [2.05, 4.69) is 14.7 Å². The number of H-pyrrole nitrogens is 2. The molecule has 0 amide bonds. The molecular formula is C18H17N3O4S. The number of benzene rings is 2. The van der Waals surface area contributed by atoms with E-state index in [0.717, 1.165) is 18.4 Å². The minimum absolute atomic E-state index is 0.0364. The first-order valence-electron chi connectivity index (χ1n) is 8.28. The summed E-state index contributed by atoms with van der Waals surface area (Å²) in [6, 6.07) is 13.4. The number of rotatable bonds is 5. The Morgan fingerprint density at radius 1 is 0.923 bits per heavy atom. The maximum atomic E-state index is 12.9. The highest BCUT2D eigenvalue weighted by atomic mass is 32.2. The van der Waals surface area contributed by atoms with Gasteiger partial charge in [0.15, 0.2) is 0 Å². The number of fused-ring (bicyclic) bond motifs is 1. The monoisotopic (exact) mass is 371 g/mol. The van der Waals surface area contributed by atoms with Crippen LogP contribution in [0.5, 0.6) is 0 Å². The lowest BCUT2D eigenvalue weighted by molar-refractivity contribution is 0.529. The normalized spacial score (nSPS) is 15.8. The molecule has 0 aliphatic heterocycles. The second-order valence-corrected chi connectivity index (χ2v) is 8.18. The van der Waals surface area contributed by atoms with Crippen LogP contribution in [0.4, 0.5) is 0 Å². The molecule has 0 spiro atoms. The molecule has 1 aliphatic carbocycles. The first-order valence-corrected chi connectivity index (χ1v) is 9.76. The van der Waals surface area contributed by atoms with Crippen LogP contribution in [0.3, 0.4) is 0 Å². The molecule has 2 aromatic carbocycles. The zero-order valence-electron chi connectivity index (χ0n) is 13.7. The topological polar surface area (TPSA) is 112 Å². The Morgan fingerprint density at radius 2 is 1.58 bits per heavy atom. The fourth-order valence-electron chi connectivity index (χ4n) is 3.02. The molecule has 1 atom stereocenters. The summed E-state index contributed by atoms with van der Waals surface area (Å²) in [6.45, 7) is 0. The fraction of sp³-hybridized carbons (Fsp3) is 0.222. The maximum absolute atomic E-state index is 12.9. The smallest absolute Gasteiger partial charge is 0.314 e. The van der Waals surface area contributed by atoms with Crippen molar-refractivity contribution in [1.82, 2.24) is 14.7 Å². The molecule has 26 heavy (non-hydrogen) atoms. The number of hydrogen-bond acceptors (Lipinski definition) is 4. The summed E-state index contributed by atoms with van der Waals surface area (Å²) in [5, 5.41) is 0. The van der Waals surface area contributed by atoms with Crippen molar-refractivity contribution in [1.29, 1.82) is 0 Å². The zero-order chi connectivity index (χ0) is 18.3. The Hall–Kier alpha value is -2.71. The SMILES string of the molecule is O=c1[nH]c2ccc(S(=O)(=O)NC(c3ccccc3)C3CC3)cc2[nH]c1=O. The highest BCUT2D eigenvalue weighted by Gasteiger charge is 2.35. The molecule has 1 aromatic heterocycles. The van der Waals surface area contributed by atoms with Gasteiger partial charge in [0, 0.05) is 6.04 Å². The molecule has 134 valence electrons. The van der Waals surface area contributed by atoms with Gasteiger partial charge >= 0.3 is 11.1 Å². The third kappa shape index (κ3) is 3.21. The van der Waals surface area contributed by atoms with E-state index in [9.17, 15) is 18.0 Å². The van der Waals surface area contributed by atoms with Crippen LogP contribution in [0.25, 0.3) is 11.0 Å². The molecule has 0 saturated heterocycles. The van der Waals surface area contributed by atoms with E-state index < -0.39 is 21.1 Å². The Bertz CT molecular complexity index is 1180. The lowest BCUT2D eigenvalue weighted by Gasteiger charge is -2.19. The van der Waals surface area contributed by atoms with Crippen molar-refractivity contribution in [3.05, 3.63) is 74.8 Å². The molecule has 1 fully saturated rings. The summed E-state index contributed by atoms with van der Waals surface area (Å²) < 4.78 is 28.5. The Kier molecular flexibility index (Phi) is 4.01. The van der Waals surface area contributed by atoms with E-state index in [4.69, 9.17) is 0 Å². The Morgan fingerprint density at radius 3 is 2.23 bits per heavy atom. The summed E-state index contributed by atoms with van der Waals surface area (Å²) in [6.07, 6.45) is 1.96. The van der Waals surface area contributed by atoms with Gasteiger partial charge in [-0.2, -0.15) is 0 Å². The van der Waals surface area contributed by atoms with E-state index in [0.29, 0.717) is 5.52 Å². The van der Waals surface area contributed by atoms with Crippen LogP contribution in [0.15, 0.2) is 63.0 Å². The lowest BCUT2D eigenvalue weighted by atomic mass is 10.0. The number of aromatic amines is 2. The average molecular weight is 371 g/mol. The van der Waals surface area contributed by atoms with Crippen LogP contribution >= 0.6 is 0 Å². The van der Waals surface area contributed by atoms with Crippen LogP contribution in [0.2, 0.25) is 0 Å². The highest BCUT2D eigenvalue weighted by molar-refractivity contribution is 7.89.